The van der Waals surface area contributed by atoms with E-state index in [4.69, 9.17) is 4.74 Å². The summed E-state index contributed by atoms with van der Waals surface area (Å²) in [5.41, 5.74) is 1.26. The van der Waals surface area contributed by atoms with Crippen LogP contribution in [-0.4, -0.2) is 46.8 Å². The quantitative estimate of drug-likeness (QED) is 0.663. The molecule has 0 unspecified atom stereocenters. The molecule has 2 aliphatic rings. The van der Waals surface area contributed by atoms with Gasteiger partial charge in [0.05, 0.1) is 7.11 Å². The van der Waals surface area contributed by atoms with E-state index in [2.05, 4.69) is 6.58 Å². The Morgan fingerprint density at radius 3 is 2.50 bits per heavy atom. The third-order valence-corrected chi connectivity index (χ3v) is 6.34. The average molecular weight is 405 g/mol. The molecule has 156 valence electrons. The fourth-order valence-corrected chi connectivity index (χ4v) is 4.83. The Bertz CT molecular complexity index is 925. The molecule has 2 aromatic carbocycles. The number of carbonyl (C=O) groups excluding carboxylic acids is 2. The van der Waals surface area contributed by atoms with Crippen LogP contribution in [0.15, 0.2) is 67.3 Å². The molecule has 2 amide bonds. The van der Waals surface area contributed by atoms with Crippen molar-refractivity contribution in [2.75, 3.05) is 13.7 Å². The molecule has 0 aliphatic carbocycles. The van der Waals surface area contributed by atoms with Crippen LogP contribution in [0.1, 0.15) is 30.4 Å². The Morgan fingerprint density at radius 1 is 1.10 bits per heavy atom. The zero-order valence-corrected chi connectivity index (χ0v) is 17.4. The molecule has 0 N–H and O–H groups in total. The highest BCUT2D eigenvalue weighted by atomic mass is 16.5. The van der Waals surface area contributed by atoms with E-state index in [1.807, 2.05) is 59.5 Å². The van der Waals surface area contributed by atoms with Gasteiger partial charge < -0.3 is 14.5 Å². The van der Waals surface area contributed by atoms with Crippen molar-refractivity contribution >= 4 is 11.8 Å². The molecule has 5 heteroatoms. The molecule has 30 heavy (non-hydrogen) atoms. The van der Waals surface area contributed by atoms with Crippen molar-refractivity contribution in [2.45, 2.75) is 43.8 Å². The molecule has 0 radical (unpaired) electrons. The number of fused-ring (bicyclic) bond motifs is 1. The van der Waals surface area contributed by atoms with E-state index in [-0.39, 0.29) is 11.8 Å². The van der Waals surface area contributed by atoms with Crippen LogP contribution in [0.5, 0.6) is 5.75 Å². The second-order valence-corrected chi connectivity index (χ2v) is 8.10. The summed E-state index contributed by atoms with van der Waals surface area (Å²) < 4.78 is 5.25. The number of methoxy groups -OCH3 is 1. The van der Waals surface area contributed by atoms with Crippen LogP contribution in [0.4, 0.5) is 0 Å². The lowest BCUT2D eigenvalue weighted by Crippen LogP contribution is -2.69. The van der Waals surface area contributed by atoms with Crippen LogP contribution in [0.3, 0.4) is 0 Å². The van der Waals surface area contributed by atoms with E-state index in [0.717, 1.165) is 23.3 Å². The highest BCUT2D eigenvalue weighted by molar-refractivity contribution is 6.00. The normalized spacial score (nSPS) is 23.4. The van der Waals surface area contributed by atoms with Crippen LogP contribution in [0.2, 0.25) is 0 Å². The maximum Gasteiger partial charge on any atom is 0.249 e. The topological polar surface area (TPSA) is 49.9 Å². The summed E-state index contributed by atoms with van der Waals surface area (Å²) in [7, 11) is 1.63. The number of benzene rings is 2. The summed E-state index contributed by atoms with van der Waals surface area (Å²) in [6.07, 6.45) is 4.32. The van der Waals surface area contributed by atoms with Crippen LogP contribution >= 0.6 is 0 Å². The number of hydrogen-bond donors (Lipinski definition) is 0. The molecule has 2 heterocycles. The minimum absolute atomic E-state index is 0.0382. The molecule has 2 aromatic rings. The van der Waals surface area contributed by atoms with E-state index in [1.54, 1.807) is 18.1 Å². The zero-order chi connectivity index (χ0) is 21.1. The number of rotatable bonds is 7. The van der Waals surface area contributed by atoms with Gasteiger partial charge >= 0.3 is 0 Å². The van der Waals surface area contributed by atoms with Crippen molar-refractivity contribution in [1.29, 1.82) is 0 Å². The van der Waals surface area contributed by atoms with Crippen LogP contribution in [-0.2, 0) is 22.6 Å². The van der Waals surface area contributed by atoms with Gasteiger partial charge in [0, 0.05) is 19.5 Å². The lowest BCUT2D eigenvalue weighted by molar-refractivity contribution is -0.168. The number of hydrogen-bond acceptors (Lipinski definition) is 3. The first-order valence-electron chi connectivity index (χ1n) is 10.5. The van der Waals surface area contributed by atoms with Crippen LogP contribution in [0.25, 0.3) is 0 Å². The summed E-state index contributed by atoms with van der Waals surface area (Å²) in [5.74, 6) is 0.855. The van der Waals surface area contributed by atoms with Crippen molar-refractivity contribution in [1.82, 2.24) is 9.80 Å². The highest BCUT2D eigenvalue weighted by Crippen LogP contribution is 2.40. The molecule has 2 fully saturated rings. The minimum atomic E-state index is -0.779. The molecule has 4 rings (SSSR count). The molecule has 5 nitrogen and oxygen atoms in total. The van der Waals surface area contributed by atoms with Gasteiger partial charge in [-0.1, -0.05) is 48.5 Å². The first-order valence-corrected chi connectivity index (χ1v) is 10.5. The van der Waals surface area contributed by atoms with Gasteiger partial charge in [-0.25, -0.2) is 0 Å². The number of ether oxygens (including phenoxy) is 1. The van der Waals surface area contributed by atoms with Crippen molar-refractivity contribution in [3.8, 4) is 5.75 Å². The van der Waals surface area contributed by atoms with Gasteiger partial charge in [0.2, 0.25) is 11.8 Å². The second-order valence-electron chi connectivity index (χ2n) is 8.10. The van der Waals surface area contributed by atoms with Crippen LogP contribution in [0, 0.1) is 0 Å². The van der Waals surface area contributed by atoms with Gasteiger partial charge in [0.1, 0.15) is 17.3 Å². The number of amides is 2. The number of nitrogens with zero attached hydrogens (tertiary/aromatic N) is 2. The monoisotopic (exact) mass is 404 g/mol. The highest BCUT2D eigenvalue weighted by Gasteiger charge is 2.57. The Kier molecular flexibility index (Phi) is 5.62. The maximum absolute atomic E-state index is 13.9. The Morgan fingerprint density at radius 2 is 1.83 bits per heavy atom. The fraction of sp³-hybridized carbons (Fsp3) is 0.360. The van der Waals surface area contributed by atoms with Crippen molar-refractivity contribution < 1.29 is 14.3 Å². The van der Waals surface area contributed by atoms with E-state index in [1.165, 1.54) is 0 Å². The van der Waals surface area contributed by atoms with Gasteiger partial charge in [-0.05, 0) is 42.5 Å². The first-order chi connectivity index (χ1) is 14.6. The average Bonchev–Trinajstić information content (AvgIpc) is 3.21. The Hall–Kier alpha value is -3.08. The van der Waals surface area contributed by atoms with E-state index < -0.39 is 11.6 Å². The van der Waals surface area contributed by atoms with Crippen LogP contribution < -0.4 is 4.74 Å². The molecule has 0 aromatic heterocycles. The standard InChI is InChI=1S/C25H28N2O3/c1-3-14-25-15-7-16-27(25)23(28)22(17-19-8-5-4-6-9-19)26(24(25)29)18-20-10-12-21(30-2)13-11-20/h3-6,8-13,22H,1,7,14-18H2,2H3/t22-,25-/m0/s1. The summed E-state index contributed by atoms with van der Waals surface area (Å²) in [5, 5.41) is 0. The van der Waals surface area contributed by atoms with Crippen molar-refractivity contribution in [2.24, 2.45) is 0 Å². The third-order valence-electron chi connectivity index (χ3n) is 6.34. The Labute approximate surface area is 177 Å². The smallest absolute Gasteiger partial charge is 0.249 e. The molecular formula is C25H28N2O3. The van der Waals surface area contributed by atoms with Gasteiger partial charge in [-0.2, -0.15) is 0 Å². The summed E-state index contributed by atoms with van der Waals surface area (Å²) >= 11 is 0. The van der Waals surface area contributed by atoms with Crippen molar-refractivity contribution in [3.05, 3.63) is 78.4 Å². The largest absolute Gasteiger partial charge is 0.497 e. The fourth-order valence-electron chi connectivity index (χ4n) is 4.83. The Balaban J connectivity index is 1.70. The summed E-state index contributed by atoms with van der Waals surface area (Å²) in [6, 6.07) is 17.1. The molecule has 2 atom stereocenters. The van der Waals surface area contributed by atoms with Gasteiger partial charge in [0.25, 0.3) is 0 Å². The number of piperazine rings is 1. The SMILES string of the molecule is C=CC[C@@]12CCCN1C(=O)[C@H](Cc1ccccc1)N(Cc1ccc(OC)cc1)C2=O. The van der Waals surface area contributed by atoms with E-state index >= 15 is 0 Å². The van der Waals surface area contributed by atoms with Gasteiger partial charge in [-0.15, -0.1) is 6.58 Å². The third kappa shape index (κ3) is 3.49. The molecule has 0 bridgehead atoms. The molecule has 0 spiro atoms. The lowest BCUT2D eigenvalue weighted by atomic mass is 9.85. The van der Waals surface area contributed by atoms with Crippen molar-refractivity contribution in [3.63, 3.8) is 0 Å². The minimum Gasteiger partial charge on any atom is -0.497 e. The predicted molar refractivity (Wildman–Crippen MR) is 116 cm³/mol. The van der Waals surface area contributed by atoms with E-state index in [9.17, 15) is 9.59 Å². The summed E-state index contributed by atoms with van der Waals surface area (Å²) in [6.45, 7) is 4.90. The molecule has 2 aliphatic heterocycles. The van der Waals surface area contributed by atoms with Gasteiger partial charge in [0.15, 0.2) is 0 Å². The molecule has 0 saturated carbocycles. The maximum atomic E-state index is 13.9. The molecular weight excluding hydrogens is 376 g/mol. The number of carbonyl (C=O) groups is 2. The van der Waals surface area contributed by atoms with Gasteiger partial charge in [-0.3, -0.25) is 9.59 Å². The first kappa shape index (κ1) is 20.2. The summed E-state index contributed by atoms with van der Waals surface area (Å²) in [4.78, 5) is 31.1. The zero-order valence-electron chi connectivity index (χ0n) is 17.4. The second kappa shape index (κ2) is 8.34. The van der Waals surface area contributed by atoms with E-state index in [0.29, 0.717) is 32.4 Å². The predicted octanol–water partition coefficient (Wildman–Crippen LogP) is 3.59. The lowest BCUT2D eigenvalue weighted by Gasteiger charge is -2.49. The molecule has 2 saturated heterocycles.